The molecule has 0 aliphatic carbocycles. The molecule has 0 saturated carbocycles. The number of carbonyl (C=O) groups excluding carboxylic acids is 2. The van der Waals surface area contributed by atoms with Crippen LogP contribution in [0.25, 0.3) is 0 Å². The van der Waals surface area contributed by atoms with Crippen molar-refractivity contribution in [3.05, 3.63) is 85.8 Å². The van der Waals surface area contributed by atoms with Crippen LogP contribution < -0.4 is 9.47 Å². The first kappa shape index (κ1) is 25.0. The van der Waals surface area contributed by atoms with Crippen LogP contribution in [0.3, 0.4) is 0 Å². The van der Waals surface area contributed by atoms with E-state index in [1.165, 1.54) is 6.21 Å². The summed E-state index contributed by atoms with van der Waals surface area (Å²) in [6.07, 6.45) is 1.49. The molecule has 0 atom stereocenters. The molecular weight excluding hydrogens is 529 g/mol. The molecule has 3 rings (SSSR count). The van der Waals surface area contributed by atoms with Crippen LogP contribution >= 0.6 is 39.1 Å². The Kier molecular flexibility index (Phi) is 8.30. The third kappa shape index (κ3) is 6.90. The van der Waals surface area contributed by atoms with Gasteiger partial charge in [-0.25, -0.2) is 4.79 Å². The topological polar surface area (TPSA) is 65.0 Å². The second-order valence-electron chi connectivity index (χ2n) is 7.54. The molecule has 0 heterocycles. The first-order chi connectivity index (χ1) is 15.6. The number of ether oxygens (including phenoxy) is 2. The molecule has 0 aromatic heterocycles. The minimum atomic E-state index is -0.580. The Bertz CT molecular complexity index is 1220. The van der Waals surface area contributed by atoms with E-state index in [2.05, 4.69) is 20.9 Å². The van der Waals surface area contributed by atoms with Crippen molar-refractivity contribution in [1.29, 1.82) is 0 Å². The summed E-state index contributed by atoms with van der Waals surface area (Å²) in [4.78, 5) is 29.6. The van der Waals surface area contributed by atoms with E-state index in [9.17, 15) is 9.59 Å². The number of esters is 2. The summed E-state index contributed by atoms with van der Waals surface area (Å²) in [6, 6.07) is 15.1. The quantitative estimate of drug-likeness (QED) is 0.181. The van der Waals surface area contributed by atoms with E-state index in [0.717, 1.165) is 5.56 Å². The Morgan fingerprint density at radius 1 is 1.00 bits per heavy atom. The van der Waals surface area contributed by atoms with Gasteiger partial charge in [-0.1, -0.05) is 70.7 Å². The minimum absolute atomic E-state index is 0.0785. The number of rotatable bonds is 6. The zero-order chi connectivity index (χ0) is 24.1. The van der Waals surface area contributed by atoms with Gasteiger partial charge in [-0.2, -0.15) is 0 Å². The molecule has 0 N–H and O–H groups in total. The molecule has 0 fully saturated rings. The van der Waals surface area contributed by atoms with Crippen LogP contribution in [-0.2, 0) is 4.79 Å². The van der Waals surface area contributed by atoms with Crippen molar-refractivity contribution in [3.8, 4) is 11.5 Å². The fraction of sp³-hybridized carbons (Fsp3) is 0.160. The summed E-state index contributed by atoms with van der Waals surface area (Å²) in [5, 5.41) is 0.867. The smallest absolute Gasteiger partial charge is 0.343 e. The average Bonchev–Trinajstić information content (AvgIpc) is 2.73. The van der Waals surface area contributed by atoms with Crippen LogP contribution in [-0.4, -0.2) is 18.2 Å². The molecule has 8 heteroatoms. The summed E-state index contributed by atoms with van der Waals surface area (Å²) >= 11 is 15.5. The second-order valence-corrected chi connectivity index (χ2v) is 9.33. The van der Waals surface area contributed by atoms with Gasteiger partial charge in [0.05, 0.1) is 17.2 Å². The molecule has 0 saturated heterocycles. The lowest BCUT2D eigenvalue weighted by atomic mass is 10.1. The molecule has 33 heavy (non-hydrogen) atoms. The molecule has 170 valence electrons. The molecule has 0 aliphatic heterocycles. The number of aliphatic imine (C=N–C) groups is 1. The number of halogens is 3. The van der Waals surface area contributed by atoms with Gasteiger partial charge < -0.3 is 9.47 Å². The minimum Gasteiger partial charge on any atom is -0.422 e. The van der Waals surface area contributed by atoms with E-state index in [4.69, 9.17) is 32.7 Å². The first-order valence-electron chi connectivity index (χ1n) is 9.96. The molecular formula is C25H20BrCl2NO4. The van der Waals surface area contributed by atoms with Gasteiger partial charge in [0.25, 0.3) is 0 Å². The maximum Gasteiger partial charge on any atom is 0.343 e. The average molecular weight is 549 g/mol. The number of hydrogen-bond acceptors (Lipinski definition) is 5. The van der Waals surface area contributed by atoms with Crippen LogP contribution in [0.5, 0.6) is 11.5 Å². The number of nitrogens with zero attached hydrogens (tertiary/aromatic N) is 1. The molecule has 0 spiro atoms. The van der Waals surface area contributed by atoms with E-state index in [0.29, 0.717) is 31.3 Å². The van der Waals surface area contributed by atoms with Gasteiger partial charge in [-0.3, -0.25) is 9.79 Å². The monoisotopic (exact) mass is 547 g/mol. The van der Waals surface area contributed by atoms with Crippen LogP contribution in [0.15, 0.2) is 64.1 Å². The van der Waals surface area contributed by atoms with Crippen molar-refractivity contribution in [2.24, 2.45) is 10.9 Å². The van der Waals surface area contributed by atoms with Gasteiger partial charge >= 0.3 is 11.9 Å². The lowest BCUT2D eigenvalue weighted by Crippen LogP contribution is -2.17. The van der Waals surface area contributed by atoms with Crippen molar-refractivity contribution < 1.29 is 19.1 Å². The molecule has 0 radical (unpaired) electrons. The lowest BCUT2D eigenvalue weighted by Gasteiger charge is -2.15. The summed E-state index contributed by atoms with van der Waals surface area (Å²) in [5.74, 6) is -1.30. The van der Waals surface area contributed by atoms with E-state index in [1.54, 1.807) is 62.4 Å². The SMILES string of the molecule is Cc1cccc(C(=O)Oc2cc(Br)cc(C=Nc3cc(Cl)cc(Cl)c3)c2OC(=O)C(C)C)c1. The highest BCUT2D eigenvalue weighted by Crippen LogP contribution is 2.36. The molecule has 0 unspecified atom stereocenters. The Morgan fingerprint density at radius 2 is 1.70 bits per heavy atom. The van der Waals surface area contributed by atoms with Gasteiger partial charge in [-0.05, 0) is 49.4 Å². The van der Waals surface area contributed by atoms with Gasteiger partial charge in [0, 0.05) is 26.3 Å². The number of aryl methyl sites for hydroxylation is 1. The highest BCUT2D eigenvalue weighted by molar-refractivity contribution is 9.10. The predicted molar refractivity (Wildman–Crippen MR) is 134 cm³/mol. The van der Waals surface area contributed by atoms with Crippen molar-refractivity contribution in [2.45, 2.75) is 20.8 Å². The first-order valence-corrected chi connectivity index (χ1v) is 11.5. The van der Waals surface area contributed by atoms with Crippen molar-refractivity contribution in [3.63, 3.8) is 0 Å². The normalized spacial score (nSPS) is 11.1. The largest absolute Gasteiger partial charge is 0.422 e. The van der Waals surface area contributed by atoms with Gasteiger partial charge in [0.15, 0.2) is 11.5 Å². The van der Waals surface area contributed by atoms with Crippen molar-refractivity contribution in [2.75, 3.05) is 0 Å². The lowest BCUT2D eigenvalue weighted by molar-refractivity contribution is -0.137. The summed E-state index contributed by atoms with van der Waals surface area (Å²) in [6.45, 7) is 5.30. The van der Waals surface area contributed by atoms with E-state index in [1.807, 2.05) is 13.0 Å². The van der Waals surface area contributed by atoms with Gasteiger partial charge in [0.2, 0.25) is 0 Å². The Labute approximate surface area is 210 Å². The second kappa shape index (κ2) is 11.0. The van der Waals surface area contributed by atoms with E-state index in [-0.39, 0.29) is 11.5 Å². The summed E-state index contributed by atoms with van der Waals surface area (Å²) < 4.78 is 11.8. The van der Waals surface area contributed by atoms with Crippen molar-refractivity contribution >= 4 is 63.0 Å². The predicted octanol–water partition coefficient (Wildman–Crippen LogP) is 7.60. The Balaban J connectivity index is 2.04. The molecule has 0 bridgehead atoms. The zero-order valence-corrected chi connectivity index (χ0v) is 21.2. The number of hydrogen-bond donors (Lipinski definition) is 0. The molecule has 5 nitrogen and oxygen atoms in total. The molecule has 3 aromatic rings. The Hall–Kier alpha value is -2.67. The van der Waals surface area contributed by atoms with Crippen LogP contribution in [0.2, 0.25) is 10.0 Å². The number of carbonyl (C=O) groups is 2. The maximum absolute atomic E-state index is 12.8. The highest BCUT2D eigenvalue weighted by Gasteiger charge is 2.21. The molecule has 0 amide bonds. The van der Waals surface area contributed by atoms with Crippen LogP contribution in [0.4, 0.5) is 5.69 Å². The van der Waals surface area contributed by atoms with Gasteiger partial charge in [0.1, 0.15) is 0 Å². The van der Waals surface area contributed by atoms with E-state index >= 15 is 0 Å². The maximum atomic E-state index is 12.8. The highest BCUT2D eigenvalue weighted by atomic mass is 79.9. The fourth-order valence-electron chi connectivity index (χ4n) is 2.78. The van der Waals surface area contributed by atoms with Gasteiger partial charge in [-0.15, -0.1) is 0 Å². The summed E-state index contributed by atoms with van der Waals surface area (Å²) in [5.41, 5.74) is 2.21. The third-order valence-corrected chi connectivity index (χ3v) is 5.27. The Morgan fingerprint density at radius 3 is 2.33 bits per heavy atom. The zero-order valence-electron chi connectivity index (χ0n) is 18.1. The molecule has 0 aliphatic rings. The van der Waals surface area contributed by atoms with Crippen LogP contribution in [0.1, 0.15) is 35.3 Å². The van der Waals surface area contributed by atoms with Crippen molar-refractivity contribution in [1.82, 2.24) is 0 Å². The number of benzene rings is 3. The third-order valence-electron chi connectivity index (χ3n) is 4.38. The standard InChI is InChI=1S/C25H20BrCl2NO4/c1-14(2)24(30)33-23-17(13-29-21-11-19(27)10-20(28)12-21)8-18(26)9-22(23)32-25(31)16-6-4-5-15(3)7-16/h4-14H,1-3H3. The summed E-state index contributed by atoms with van der Waals surface area (Å²) in [7, 11) is 0. The van der Waals surface area contributed by atoms with Crippen LogP contribution in [0, 0.1) is 12.8 Å². The molecule has 3 aromatic carbocycles. The fourth-order valence-corrected chi connectivity index (χ4v) is 3.75. The van der Waals surface area contributed by atoms with E-state index < -0.39 is 17.9 Å².